The molecule has 0 saturated carbocycles. The van der Waals surface area contributed by atoms with Crippen molar-refractivity contribution in [2.24, 2.45) is 15.7 Å². The zero-order valence-electron chi connectivity index (χ0n) is 9.92. The summed E-state index contributed by atoms with van der Waals surface area (Å²) in [4.78, 5) is 9.85. The fourth-order valence-electron chi connectivity index (χ4n) is 2.34. The Kier molecular flexibility index (Phi) is 2.90. The number of nitrogens with zero attached hydrogens (tertiary/aromatic N) is 3. The van der Waals surface area contributed by atoms with E-state index in [4.69, 9.17) is 15.6 Å². The number of hydrogen-bond acceptors (Lipinski definition) is 9. The van der Waals surface area contributed by atoms with E-state index in [1.165, 1.54) is 12.7 Å². The zero-order chi connectivity index (χ0) is 13.6. The average molecular weight is 269 g/mol. The van der Waals surface area contributed by atoms with Gasteiger partial charge >= 0.3 is 0 Å². The molecule has 3 heterocycles. The topological polar surface area (TPSA) is 136 Å². The fraction of sp³-hybridized carbons (Fsp3) is 0.600. The van der Waals surface area contributed by atoms with Gasteiger partial charge in [0.2, 0.25) is 0 Å². The monoisotopic (exact) mass is 269 g/mol. The first-order valence-corrected chi connectivity index (χ1v) is 5.85. The lowest BCUT2D eigenvalue weighted by Crippen LogP contribution is -2.47. The molecule has 0 aromatic carbocycles. The standard InChI is InChI=1S/C10H15N5O4/c11-8-5-9(13-2-12-8)15(3-14-5)10-7(18)6(17)4(1-16)19-10/h2-4,6-7,9-10,16-18H,1,11H2,(H,12,13). The minimum atomic E-state index is -1.16. The van der Waals surface area contributed by atoms with Crippen LogP contribution < -0.4 is 11.1 Å². The van der Waals surface area contributed by atoms with Crippen molar-refractivity contribution in [3.05, 3.63) is 11.5 Å². The maximum absolute atomic E-state index is 9.97. The number of aliphatic imine (C=N–C) groups is 2. The van der Waals surface area contributed by atoms with E-state index >= 15 is 0 Å². The first-order valence-electron chi connectivity index (χ1n) is 5.85. The SMILES string of the molecule is NC1=C2N=CN(C3OC(CO)C(O)C3O)C2N=CN1. The molecule has 0 amide bonds. The first kappa shape index (κ1) is 12.4. The van der Waals surface area contributed by atoms with E-state index < -0.39 is 30.7 Å². The molecule has 104 valence electrons. The van der Waals surface area contributed by atoms with Crippen molar-refractivity contribution in [3.63, 3.8) is 0 Å². The van der Waals surface area contributed by atoms with Crippen LogP contribution in [0.3, 0.4) is 0 Å². The van der Waals surface area contributed by atoms with E-state index in [2.05, 4.69) is 15.3 Å². The molecule has 0 radical (unpaired) electrons. The van der Waals surface area contributed by atoms with Crippen molar-refractivity contribution < 1.29 is 20.1 Å². The number of aliphatic hydroxyl groups is 3. The smallest absolute Gasteiger partial charge is 0.172 e. The quantitative estimate of drug-likeness (QED) is 0.357. The Balaban J connectivity index is 1.83. The maximum atomic E-state index is 9.97. The molecule has 0 aromatic rings. The molecule has 9 nitrogen and oxygen atoms in total. The summed E-state index contributed by atoms with van der Waals surface area (Å²) < 4.78 is 5.43. The van der Waals surface area contributed by atoms with Gasteiger partial charge in [0.1, 0.15) is 29.8 Å². The highest BCUT2D eigenvalue weighted by Gasteiger charge is 2.48. The summed E-state index contributed by atoms with van der Waals surface area (Å²) in [7, 11) is 0. The van der Waals surface area contributed by atoms with Crippen LogP contribution in [0, 0.1) is 0 Å². The molecule has 9 heteroatoms. The number of aliphatic hydroxyl groups excluding tert-OH is 3. The first-order chi connectivity index (χ1) is 9.13. The minimum Gasteiger partial charge on any atom is -0.394 e. The molecule has 3 aliphatic heterocycles. The summed E-state index contributed by atoms with van der Waals surface area (Å²) >= 11 is 0. The molecular formula is C10H15N5O4. The summed E-state index contributed by atoms with van der Waals surface area (Å²) in [5.74, 6) is 0.380. The maximum Gasteiger partial charge on any atom is 0.172 e. The summed E-state index contributed by atoms with van der Waals surface area (Å²) in [6, 6.07) is 0. The van der Waals surface area contributed by atoms with Gasteiger partial charge in [-0.2, -0.15) is 0 Å². The minimum absolute atomic E-state index is 0.375. The number of nitrogens with one attached hydrogen (secondary N) is 1. The molecule has 3 rings (SSSR count). The molecule has 0 aliphatic carbocycles. The number of ether oxygens (including phenoxy) is 1. The van der Waals surface area contributed by atoms with Crippen LogP contribution in [0.4, 0.5) is 0 Å². The van der Waals surface area contributed by atoms with Crippen LogP contribution >= 0.6 is 0 Å². The Labute approximate surface area is 108 Å². The van der Waals surface area contributed by atoms with Crippen LogP contribution in [0.15, 0.2) is 21.5 Å². The summed E-state index contributed by atoms with van der Waals surface area (Å²) in [5.41, 5.74) is 6.27. The molecular weight excluding hydrogens is 254 g/mol. The van der Waals surface area contributed by atoms with Crippen molar-refractivity contribution in [1.29, 1.82) is 0 Å². The van der Waals surface area contributed by atoms with Crippen LogP contribution in [0.2, 0.25) is 0 Å². The molecule has 0 bridgehead atoms. The Morgan fingerprint density at radius 1 is 1.42 bits per heavy atom. The Bertz CT molecular complexity index is 465. The predicted octanol–water partition coefficient (Wildman–Crippen LogP) is -3.15. The second kappa shape index (κ2) is 4.46. The lowest BCUT2D eigenvalue weighted by Gasteiger charge is -2.30. The zero-order valence-corrected chi connectivity index (χ0v) is 9.92. The molecule has 1 saturated heterocycles. The van der Waals surface area contributed by atoms with E-state index in [0.29, 0.717) is 11.5 Å². The summed E-state index contributed by atoms with van der Waals surface area (Å²) in [6.45, 7) is -0.375. The van der Waals surface area contributed by atoms with E-state index in [-0.39, 0.29) is 6.61 Å². The van der Waals surface area contributed by atoms with Gasteiger partial charge in [0.05, 0.1) is 19.3 Å². The van der Waals surface area contributed by atoms with Gasteiger partial charge in [-0.1, -0.05) is 0 Å². The highest BCUT2D eigenvalue weighted by atomic mass is 16.6. The van der Waals surface area contributed by atoms with E-state index in [1.54, 1.807) is 4.90 Å². The fourth-order valence-corrected chi connectivity index (χ4v) is 2.34. The molecule has 1 fully saturated rings. The van der Waals surface area contributed by atoms with Gasteiger partial charge in [-0.05, 0) is 0 Å². The number of nitrogens with two attached hydrogens (primary N) is 1. The number of hydrogen-bond donors (Lipinski definition) is 5. The molecule has 0 aromatic heterocycles. The van der Waals surface area contributed by atoms with E-state index in [0.717, 1.165) is 0 Å². The Hall–Kier alpha value is -1.68. The third kappa shape index (κ3) is 1.78. The number of rotatable bonds is 2. The highest BCUT2D eigenvalue weighted by molar-refractivity contribution is 5.68. The van der Waals surface area contributed by atoms with Crippen LogP contribution in [0.25, 0.3) is 0 Å². The van der Waals surface area contributed by atoms with Gasteiger partial charge < -0.3 is 36.0 Å². The molecule has 5 atom stereocenters. The molecule has 6 N–H and O–H groups in total. The normalized spacial score (nSPS) is 40.8. The molecule has 19 heavy (non-hydrogen) atoms. The largest absolute Gasteiger partial charge is 0.394 e. The van der Waals surface area contributed by atoms with Crippen LogP contribution in [-0.4, -0.2) is 70.2 Å². The second-order valence-corrected chi connectivity index (χ2v) is 4.52. The van der Waals surface area contributed by atoms with Crippen molar-refractivity contribution in [2.75, 3.05) is 6.61 Å². The molecule has 0 spiro atoms. The van der Waals surface area contributed by atoms with Crippen LogP contribution in [0.5, 0.6) is 0 Å². The number of fused-ring (bicyclic) bond motifs is 1. The van der Waals surface area contributed by atoms with Crippen LogP contribution in [-0.2, 0) is 4.74 Å². The molecule has 5 unspecified atom stereocenters. The van der Waals surface area contributed by atoms with E-state index in [1.807, 2.05) is 0 Å². The predicted molar refractivity (Wildman–Crippen MR) is 64.7 cm³/mol. The molecule has 3 aliphatic rings. The third-order valence-electron chi connectivity index (χ3n) is 3.38. The van der Waals surface area contributed by atoms with Crippen molar-refractivity contribution in [3.8, 4) is 0 Å². The van der Waals surface area contributed by atoms with Gasteiger partial charge in [0, 0.05) is 0 Å². The highest BCUT2D eigenvalue weighted by Crippen LogP contribution is 2.30. The summed E-state index contributed by atoms with van der Waals surface area (Å²) in [5, 5.41) is 31.5. The Morgan fingerprint density at radius 3 is 2.89 bits per heavy atom. The average Bonchev–Trinajstić information content (AvgIpc) is 2.94. The Morgan fingerprint density at radius 2 is 2.21 bits per heavy atom. The third-order valence-corrected chi connectivity index (χ3v) is 3.38. The van der Waals surface area contributed by atoms with Gasteiger partial charge in [0.15, 0.2) is 12.4 Å². The van der Waals surface area contributed by atoms with Gasteiger partial charge in [-0.3, -0.25) is 0 Å². The van der Waals surface area contributed by atoms with Crippen LogP contribution in [0.1, 0.15) is 0 Å². The van der Waals surface area contributed by atoms with Gasteiger partial charge in [0.25, 0.3) is 0 Å². The van der Waals surface area contributed by atoms with Crippen molar-refractivity contribution in [2.45, 2.75) is 30.7 Å². The lowest BCUT2D eigenvalue weighted by molar-refractivity contribution is -0.0750. The van der Waals surface area contributed by atoms with Gasteiger partial charge in [-0.15, -0.1) is 0 Å². The van der Waals surface area contributed by atoms with Crippen molar-refractivity contribution in [1.82, 2.24) is 10.2 Å². The van der Waals surface area contributed by atoms with Gasteiger partial charge in [-0.25, -0.2) is 9.98 Å². The van der Waals surface area contributed by atoms with Crippen molar-refractivity contribution >= 4 is 12.7 Å². The second-order valence-electron chi connectivity index (χ2n) is 4.52. The lowest BCUT2D eigenvalue weighted by atomic mass is 10.1. The van der Waals surface area contributed by atoms with E-state index in [9.17, 15) is 10.2 Å². The summed E-state index contributed by atoms with van der Waals surface area (Å²) in [6.07, 6.45) is -1.57.